The molecule has 148 valence electrons. The predicted octanol–water partition coefficient (Wildman–Crippen LogP) is 5.36. The number of rotatable bonds is 10. The Hall–Kier alpha value is -2.30. The van der Waals surface area contributed by atoms with Crippen LogP contribution in [0.15, 0.2) is 18.2 Å². The summed E-state index contributed by atoms with van der Waals surface area (Å²) in [5.74, 6) is 1.72. The third-order valence-electron chi connectivity index (χ3n) is 4.73. The lowest BCUT2D eigenvalue weighted by Gasteiger charge is -2.20. The number of phenols is 1. The summed E-state index contributed by atoms with van der Waals surface area (Å²) in [6, 6.07) is 5.81. The molecule has 5 heteroatoms. The first-order chi connectivity index (χ1) is 13.1. The zero-order valence-corrected chi connectivity index (χ0v) is 17.3. The number of hydrogen-bond acceptors (Lipinski definition) is 5. The summed E-state index contributed by atoms with van der Waals surface area (Å²) in [6.07, 6.45) is 4.55. The molecule has 5 nitrogen and oxygen atoms in total. The van der Waals surface area contributed by atoms with Crippen molar-refractivity contribution in [2.75, 3.05) is 11.9 Å². The highest BCUT2D eigenvalue weighted by atomic mass is 16.5. The fraction of sp³-hybridized carbons (Fsp3) is 0.545. The lowest BCUT2D eigenvalue weighted by atomic mass is 10.1. The molecule has 0 saturated carbocycles. The standard InChI is InChI=1S/C22H33N3O2/c1-6-13-27-16-11-12-17(20(26)14-16)21-18(9-4)25-22(19(10-5)24-21)23-15(7-2)8-3/h11-12,14-15,26H,6-10,13H2,1-5H3,(H,23,25). The lowest BCUT2D eigenvalue weighted by molar-refractivity contribution is 0.315. The van der Waals surface area contributed by atoms with Gasteiger partial charge in [-0.1, -0.05) is 34.6 Å². The normalized spacial score (nSPS) is 11.0. The summed E-state index contributed by atoms with van der Waals surface area (Å²) in [4.78, 5) is 9.75. The second-order valence-corrected chi connectivity index (χ2v) is 6.71. The van der Waals surface area contributed by atoms with E-state index in [1.807, 2.05) is 12.1 Å². The number of anilines is 1. The van der Waals surface area contributed by atoms with Crippen molar-refractivity contribution in [3.05, 3.63) is 29.6 Å². The van der Waals surface area contributed by atoms with Gasteiger partial charge in [-0.2, -0.15) is 0 Å². The molecular formula is C22H33N3O2. The second kappa shape index (κ2) is 10.1. The van der Waals surface area contributed by atoms with Gasteiger partial charge in [-0.15, -0.1) is 0 Å². The molecule has 0 saturated heterocycles. The maximum Gasteiger partial charge on any atom is 0.148 e. The number of aryl methyl sites for hydroxylation is 2. The highest BCUT2D eigenvalue weighted by Gasteiger charge is 2.18. The van der Waals surface area contributed by atoms with E-state index in [1.165, 1.54) is 0 Å². The molecule has 0 atom stereocenters. The van der Waals surface area contributed by atoms with Gasteiger partial charge in [0.2, 0.25) is 0 Å². The van der Waals surface area contributed by atoms with E-state index in [0.29, 0.717) is 24.0 Å². The van der Waals surface area contributed by atoms with Crippen LogP contribution in [0.4, 0.5) is 5.82 Å². The molecule has 0 fully saturated rings. The Balaban J connectivity index is 2.44. The van der Waals surface area contributed by atoms with E-state index in [-0.39, 0.29) is 5.75 Å². The van der Waals surface area contributed by atoms with Crippen molar-refractivity contribution in [3.63, 3.8) is 0 Å². The van der Waals surface area contributed by atoms with Crippen molar-refractivity contribution >= 4 is 5.82 Å². The van der Waals surface area contributed by atoms with Gasteiger partial charge in [0, 0.05) is 17.7 Å². The minimum Gasteiger partial charge on any atom is -0.507 e. The number of phenolic OH excluding ortho intramolecular Hbond substituents is 1. The van der Waals surface area contributed by atoms with Crippen LogP contribution in [0.3, 0.4) is 0 Å². The molecule has 0 spiro atoms. The average Bonchev–Trinajstić information content (AvgIpc) is 2.70. The SMILES string of the molecule is CCCOc1ccc(-c2nc(CC)c(NC(CC)CC)nc2CC)c(O)c1. The number of ether oxygens (including phenoxy) is 1. The summed E-state index contributed by atoms with van der Waals surface area (Å²) in [5, 5.41) is 14.1. The first-order valence-electron chi connectivity index (χ1n) is 10.2. The van der Waals surface area contributed by atoms with E-state index in [2.05, 4.69) is 39.9 Å². The molecule has 0 unspecified atom stereocenters. The molecule has 1 aromatic carbocycles. The van der Waals surface area contributed by atoms with Crippen LogP contribution >= 0.6 is 0 Å². The van der Waals surface area contributed by atoms with E-state index in [0.717, 1.165) is 55.0 Å². The molecule has 1 heterocycles. The van der Waals surface area contributed by atoms with Crippen LogP contribution in [-0.4, -0.2) is 27.7 Å². The highest BCUT2D eigenvalue weighted by molar-refractivity contribution is 5.71. The Kier molecular flexibility index (Phi) is 7.89. The van der Waals surface area contributed by atoms with Crippen molar-refractivity contribution in [3.8, 4) is 22.8 Å². The summed E-state index contributed by atoms with van der Waals surface area (Å²) in [6.45, 7) is 11.2. The molecule has 2 aromatic rings. The molecule has 0 amide bonds. The average molecular weight is 372 g/mol. The minimum absolute atomic E-state index is 0.176. The highest BCUT2D eigenvalue weighted by Crippen LogP contribution is 2.34. The van der Waals surface area contributed by atoms with Crippen LogP contribution in [0, 0.1) is 0 Å². The third-order valence-corrected chi connectivity index (χ3v) is 4.73. The minimum atomic E-state index is 0.176. The fourth-order valence-electron chi connectivity index (χ4n) is 3.04. The number of aromatic nitrogens is 2. The van der Waals surface area contributed by atoms with E-state index in [9.17, 15) is 5.11 Å². The zero-order chi connectivity index (χ0) is 19.8. The summed E-state index contributed by atoms with van der Waals surface area (Å²) >= 11 is 0. The van der Waals surface area contributed by atoms with Crippen molar-refractivity contribution in [2.24, 2.45) is 0 Å². The molecule has 0 radical (unpaired) electrons. The van der Waals surface area contributed by atoms with E-state index in [1.54, 1.807) is 6.07 Å². The van der Waals surface area contributed by atoms with Crippen molar-refractivity contribution in [1.29, 1.82) is 0 Å². The molecule has 1 aromatic heterocycles. The third kappa shape index (κ3) is 5.12. The predicted molar refractivity (Wildman–Crippen MR) is 112 cm³/mol. The van der Waals surface area contributed by atoms with E-state index < -0.39 is 0 Å². The summed E-state index contributed by atoms with van der Waals surface area (Å²) in [7, 11) is 0. The number of nitrogens with zero attached hydrogens (tertiary/aromatic N) is 2. The van der Waals surface area contributed by atoms with Crippen LogP contribution in [-0.2, 0) is 12.8 Å². The van der Waals surface area contributed by atoms with Gasteiger partial charge in [-0.25, -0.2) is 9.97 Å². The number of benzene rings is 1. The van der Waals surface area contributed by atoms with Gasteiger partial charge >= 0.3 is 0 Å². The van der Waals surface area contributed by atoms with Crippen LogP contribution in [0.5, 0.6) is 11.5 Å². The van der Waals surface area contributed by atoms with Gasteiger partial charge < -0.3 is 15.2 Å². The Morgan fingerprint density at radius 2 is 1.70 bits per heavy atom. The molecule has 0 aliphatic carbocycles. The monoisotopic (exact) mass is 371 g/mol. The molecule has 0 aliphatic heterocycles. The fourth-order valence-corrected chi connectivity index (χ4v) is 3.04. The van der Waals surface area contributed by atoms with Gasteiger partial charge in [0.15, 0.2) is 0 Å². The summed E-state index contributed by atoms with van der Waals surface area (Å²) in [5.41, 5.74) is 3.27. The molecule has 2 N–H and O–H groups in total. The van der Waals surface area contributed by atoms with Gasteiger partial charge in [0.05, 0.1) is 23.7 Å². The van der Waals surface area contributed by atoms with Crippen molar-refractivity contribution in [2.45, 2.75) is 72.8 Å². The first-order valence-corrected chi connectivity index (χ1v) is 10.2. The van der Waals surface area contributed by atoms with Crippen molar-refractivity contribution < 1.29 is 9.84 Å². The van der Waals surface area contributed by atoms with Crippen LogP contribution in [0.1, 0.15) is 65.3 Å². The Morgan fingerprint density at radius 1 is 1.00 bits per heavy atom. The maximum atomic E-state index is 10.6. The van der Waals surface area contributed by atoms with Gasteiger partial charge in [0.1, 0.15) is 17.3 Å². The summed E-state index contributed by atoms with van der Waals surface area (Å²) < 4.78 is 5.61. The Labute approximate surface area is 163 Å². The topological polar surface area (TPSA) is 67.3 Å². The van der Waals surface area contributed by atoms with Crippen LogP contribution < -0.4 is 10.1 Å². The smallest absolute Gasteiger partial charge is 0.148 e. The zero-order valence-electron chi connectivity index (χ0n) is 17.3. The quantitative estimate of drug-likeness (QED) is 0.588. The molecule has 0 aliphatic rings. The Bertz CT molecular complexity index is 743. The van der Waals surface area contributed by atoms with Gasteiger partial charge in [-0.05, 0) is 44.2 Å². The van der Waals surface area contributed by atoms with Crippen LogP contribution in [0.25, 0.3) is 11.3 Å². The van der Waals surface area contributed by atoms with E-state index >= 15 is 0 Å². The molecular weight excluding hydrogens is 338 g/mol. The lowest BCUT2D eigenvalue weighted by Crippen LogP contribution is -2.20. The van der Waals surface area contributed by atoms with Crippen LogP contribution in [0.2, 0.25) is 0 Å². The van der Waals surface area contributed by atoms with Gasteiger partial charge in [0.25, 0.3) is 0 Å². The van der Waals surface area contributed by atoms with E-state index in [4.69, 9.17) is 14.7 Å². The Morgan fingerprint density at radius 3 is 2.26 bits per heavy atom. The molecule has 27 heavy (non-hydrogen) atoms. The largest absolute Gasteiger partial charge is 0.507 e. The molecule has 0 bridgehead atoms. The number of aromatic hydroxyl groups is 1. The van der Waals surface area contributed by atoms with Crippen molar-refractivity contribution in [1.82, 2.24) is 9.97 Å². The first kappa shape index (κ1) is 21.0. The maximum absolute atomic E-state index is 10.6. The molecule has 2 rings (SSSR count). The second-order valence-electron chi connectivity index (χ2n) is 6.71. The number of hydrogen-bond donors (Lipinski definition) is 2. The number of nitrogens with one attached hydrogen (secondary N) is 1. The van der Waals surface area contributed by atoms with Gasteiger partial charge in [-0.3, -0.25) is 0 Å².